The molecule has 2 unspecified atom stereocenters. The molecule has 1 nitrogen and oxygen atoms in total. The fourth-order valence-electron chi connectivity index (χ4n) is 2.29. The van der Waals surface area contributed by atoms with Gasteiger partial charge in [0.05, 0.1) is 0 Å². The van der Waals surface area contributed by atoms with Gasteiger partial charge in [-0.15, -0.1) is 0 Å². The summed E-state index contributed by atoms with van der Waals surface area (Å²) >= 11 is 0. The first kappa shape index (κ1) is 8.31. The lowest BCUT2D eigenvalue weighted by Crippen LogP contribution is -2.58. The summed E-state index contributed by atoms with van der Waals surface area (Å²) in [6.45, 7) is 8.23. The van der Waals surface area contributed by atoms with E-state index >= 15 is 0 Å². The zero-order valence-corrected chi connectivity index (χ0v) is 8.38. The van der Waals surface area contributed by atoms with Crippen molar-refractivity contribution in [3.8, 4) is 0 Å². The van der Waals surface area contributed by atoms with Gasteiger partial charge in [-0.25, -0.2) is 0 Å². The van der Waals surface area contributed by atoms with Crippen LogP contribution >= 0.6 is 0 Å². The lowest BCUT2D eigenvalue weighted by atomic mass is 9.82. The molecule has 1 aliphatic carbocycles. The highest BCUT2D eigenvalue weighted by Gasteiger charge is 2.39. The van der Waals surface area contributed by atoms with Gasteiger partial charge in [0.15, 0.2) is 0 Å². The quantitative estimate of drug-likeness (QED) is 0.539. The summed E-state index contributed by atoms with van der Waals surface area (Å²) in [6.07, 6.45) is 7.42. The molecule has 0 aromatic heterocycles. The Morgan fingerprint density at radius 2 is 2.17 bits per heavy atom. The predicted octanol–water partition coefficient (Wildman–Crippen LogP) is 2.44. The van der Waals surface area contributed by atoms with Crippen LogP contribution in [-0.2, 0) is 0 Å². The lowest BCUT2D eigenvalue weighted by Gasteiger charge is -2.52. The van der Waals surface area contributed by atoms with Gasteiger partial charge < -0.3 is 0 Å². The van der Waals surface area contributed by atoms with Gasteiger partial charge in [0.25, 0.3) is 0 Å². The van der Waals surface area contributed by atoms with Crippen molar-refractivity contribution in [2.75, 3.05) is 6.54 Å². The van der Waals surface area contributed by atoms with Gasteiger partial charge in [0.2, 0.25) is 0 Å². The van der Waals surface area contributed by atoms with Crippen LogP contribution in [0.3, 0.4) is 0 Å². The number of hydrogen-bond donors (Lipinski definition) is 0. The summed E-state index contributed by atoms with van der Waals surface area (Å²) in [7, 11) is 0. The first-order valence-electron chi connectivity index (χ1n) is 4.99. The average molecular weight is 165 g/mol. The summed E-state index contributed by atoms with van der Waals surface area (Å²) in [4.78, 5) is 2.65. The molecule has 2 atom stereocenters. The molecule has 2 heterocycles. The second kappa shape index (κ2) is 2.59. The molecular formula is C11H19N. The zero-order valence-electron chi connectivity index (χ0n) is 8.38. The summed E-state index contributed by atoms with van der Waals surface area (Å²) < 4.78 is 0. The molecule has 2 bridgehead atoms. The van der Waals surface area contributed by atoms with E-state index < -0.39 is 0 Å². The Bertz CT molecular complexity index is 200. The topological polar surface area (TPSA) is 3.24 Å². The SMILES string of the molecule is CC(C)(C)CN1C2C=CCC1C2. The van der Waals surface area contributed by atoms with Crippen LogP contribution < -0.4 is 0 Å². The average Bonchev–Trinajstić information content (AvgIpc) is 2.00. The van der Waals surface area contributed by atoms with E-state index in [1.807, 2.05) is 0 Å². The molecule has 3 aliphatic rings. The summed E-state index contributed by atoms with van der Waals surface area (Å²) in [6, 6.07) is 1.65. The molecule has 0 saturated carbocycles. The number of fused-ring (bicyclic) bond motifs is 1. The van der Waals surface area contributed by atoms with Crippen molar-refractivity contribution in [1.29, 1.82) is 0 Å². The number of rotatable bonds is 1. The monoisotopic (exact) mass is 165 g/mol. The summed E-state index contributed by atoms with van der Waals surface area (Å²) in [5.74, 6) is 0. The Kier molecular flexibility index (Phi) is 1.80. The molecule has 0 aromatic carbocycles. The van der Waals surface area contributed by atoms with Gasteiger partial charge in [-0.2, -0.15) is 0 Å². The molecule has 1 fully saturated rings. The molecule has 3 rings (SSSR count). The van der Waals surface area contributed by atoms with Crippen molar-refractivity contribution >= 4 is 0 Å². The third-order valence-electron chi connectivity index (χ3n) is 2.83. The van der Waals surface area contributed by atoms with Crippen LogP contribution in [0.5, 0.6) is 0 Å². The Hall–Kier alpha value is -0.300. The molecular weight excluding hydrogens is 146 g/mol. The van der Waals surface area contributed by atoms with Gasteiger partial charge >= 0.3 is 0 Å². The van der Waals surface area contributed by atoms with Crippen LogP contribution in [0, 0.1) is 5.41 Å². The van der Waals surface area contributed by atoms with Crippen molar-refractivity contribution in [1.82, 2.24) is 4.90 Å². The second-order valence-electron chi connectivity index (χ2n) is 5.35. The molecule has 0 amide bonds. The van der Waals surface area contributed by atoms with Crippen LogP contribution in [0.2, 0.25) is 0 Å². The van der Waals surface area contributed by atoms with Crippen LogP contribution in [0.4, 0.5) is 0 Å². The molecule has 0 radical (unpaired) electrons. The maximum atomic E-state index is 2.65. The Labute approximate surface area is 75.4 Å². The minimum atomic E-state index is 0.460. The first-order valence-corrected chi connectivity index (χ1v) is 4.99. The minimum Gasteiger partial charge on any atom is -0.293 e. The van der Waals surface area contributed by atoms with Crippen molar-refractivity contribution in [2.24, 2.45) is 5.41 Å². The van der Waals surface area contributed by atoms with Crippen molar-refractivity contribution in [2.45, 2.75) is 45.7 Å². The van der Waals surface area contributed by atoms with Crippen molar-refractivity contribution in [3.63, 3.8) is 0 Å². The molecule has 0 aromatic rings. The van der Waals surface area contributed by atoms with Gasteiger partial charge in [-0.05, 0) is 18.3 Å². The van der Waals surface area contributed by atoms with Crippen LogP contribution in [-0.4, -0.2) is 23.5 Å². The smallest absolute Gasteiger partial charge is 0.0296 e. The molecule has 2 aliphatic heterocycles. The highest BCUT2D eigenvalue weighted by molar-refractivity contribution is 5.13. The zero-order chi connectivity index (χ0) is 8.77. The predicted molar refractivity (Wildman–Crippen MR) is 52.1 cm³/mol. The largest absolute Gasteiger partial charge is 0.293 e. The highest BCUT2D eigenvalue weighted by atomic mass is 15.3. The molecule has 1 heteroatoms. The third-order valence-corrected chi connectivity index (χ3v) is 2.83. The Balaban J connectivity index is 1.96. The molecule has 1 saturated heterocycles. The fourth-order valence-corrected chi connectivity index (χ4v) is 2.29. The standard InChI is InChI=1S/C11H19N/c1-11(2,3)8-12-9-5-4-6-10(12)7-9/h4-5,9-10H,6-8H2,1-3H3. The van der Waals surface area contributed by atoms with Gasteiger partial charge in [0, 0.05) is 18.6 Å². The highest BCUT2D eigenvalue weighted by Crippen LogP contribution is 2.36. The van der Waals surface area contributed by atoms with E-state index in [1.165, 1.54) is 19.4 Å². The van der Waals surface area contributed by atoms with E-state index in [2.05, 4.69) is 37.8 Å². The van der Waals surface area contributed by atoms with Crippen LogP contribution in [0.15, 0.2) is 12.2 Å². The van der Waals surface area contributed by atoms with Gasteiger partial charge in [-0.3, -0.25) is 4.90 Å². The Morgan fingerprint density at radius 3 is 2.58 bits per heavy atom. The third kappa shape index (κ3) is 1.42. The molecule has 12 heavy (non-hydrogen) atoms. The minimum absolute atomic E-state index is 0.460. The van der Waals surface area contributed by atoms with E-state index in [4.69, 9.17) is 0 Å². The van der Waals surface area contributed by atoms with Gasteiger partial charge in [0.1, 0.15) is 0 Å². The molecule has 0 N–H and O–H groups in total. The van der Waals surface area contributed by atoms with Crippen LogP contribution in [0.1, 0.15) is 33.6 Å². The van der Waals surface area contributed by atoms with E-state index in [-0.39, 0.29) is 0 Å². The van der Waals surface area contributed by atoms with E-state index in [1.54, 1.807) is 0 Å². The lowest BCUT2D eigenvalue weighted by molar-refractivity contribution is 0.00640. The molecule has 0 spiro atoms. The molecule has 68 valence electrons. The maximum absolute atomic E-state index is 2.65. The summed E-state index contributed by atoms with van der Waals surface area (Å²) in [5.41, 5.74) is 0.460. The van der Waals surface area contributed by atoms with Crippen LogP contribution in [0.25, 0.3) is 0 Å². The Morgan fingerprint density at radius 1 is 1.42 bits per heavy atom. The fraction of sp³-hybridized carbons (Fsp3) is 0.818. The maximum Gasteiger partial charge on any atom is 0.0296 e. The second-order valence-corrected chi connectivity index (χ2v) is 5.35. The number of hydrogen-bond acceptors (Lipinski definition) is 1. The number of nitrogens with zero attached hydrogens (tertiary/aromatic N) is 1. The van der Waals surface area contributed by atoms with Crippen molar-refractivity contribution < 1.29 is 0 Å². The van der Waals surface area contributed by atoms with E-state index in [0.29, 0.717) is 5.41 Å². The summed E-state index contributed by atoms with van der Waals surface area (Å²) in [5, 5.41) is 0. The van der Waals surface area contributed by atoms with Crippen molar-refractivity contribution in [3.05, 3.63) is 12.2 Å². The van der Waals surface area contributed by atoms with E-state index in [9.17, 15) is 0 Å². The first-order chi connectivity index (χ1) is 5.56. The van der Waals surface area contributed by atoms with E-state index in [0.717, 1.165) is 12.1 Å². The normalized spacial score (nSPS) is 34.9. The van der Waals surface area contributed by atoms with Gasteiger partial charge in [-0.1, -0.05) is 32.9 Å².